The molecule has 1 aliphatic heterocycles. The van der Waals surface area contributed by atoms with Crippen molar-refractivity contribution in [2.45, 2.75) is 0 Å². The van der Waals surface area contributed by atoms with E-state index < -0.39 is 4.92 Å². The van der Waals surface area contributed by atoms with Crippen LogP contribution in [0.4, 0.5) is 5.69 Å². The number of nitro groups is 1. The molecule has 2 aromatic rings. The highest BCUT2D eigenvalue weighted by Gasteiger charge is 2.22. The van der Waals surface area contributed by atoms with E-state index in [1.54, 1.807) is 12.1 Å². The van der Waals surface area contributed by atoms with Crippen molar-refractivity contribution in [3.8, 4) is 11.5 Å². The lowest BCUT2D eigenvalue weighted by molar-refractivity contribution is -0.384. The van der Waals surface area contributed by atoms with Crippen LogP contribution in [0.25, 0.3) is 6.08 Å². The van der Waals surface area contributed by atoms with Gasteiger partial charge < -0.3 is 14.8 Å². The molecule has 0 spiro atoms. The first kappa shape index (κ1) is 18.9. The average Bonchev–Trinajstić information content (AvgIpc) is 2.97. The molecular weight excluding hydrogens is 388 g/mol. The van der Waals surface area contributed by atoms with Gasteiger partial charge in [0.05, 0.1) is 9.83 Å². The molecule has 3 rings (SSSR count). The van der Waals surface area contributed by atoms with Gasteiger partial charge in [-0.1, -0.05) is 42.2 Å². The third-order valence-electron chi connectivity index (χ3n) is 3.50. The molecule has 9 heteroatoms. The fourth-order valence-electron chi connectivity index (χ4n) is 2.27. The number of nitrogens with one attached hydrogen (secondary N) is 1. The zero-order valence-corrected chi connectivity index (χ0v) is 15.5. The number of hydrogen-bond donors (Lipinski definition) is 1. The van der Waals surface area contributed by atoms with Crippen LogP contribution in [-0.2, 0) is 4.79 Å². The molecule has 1 amide bonds. The number of thiocarbonyl (C=S) groups is 1. The van der Waals surface area contributed by atoms with Crippen molar-refractivity contribution >= 4 is 46.0 Å². The van der Waals surface area contributed by atoms with Crippen LogP contribution in [0.3, 0.4) is 0 Å². The van der Waals surface area contributed by atoms with Crippen LogP contribution in [0.15, 0.2) is 53.4 Å². The molecule has 0 radical (unpaired) electrons. The number of para-hydroxylation sites is 1. The molecular formula is C18H14N2O5S2. The minimum Gasteiger partial charge on any atom is -0.490 e. The number of thioether (sulfide) groups is 1. The van der Waals surface area contributed by atoms with Crippen LogP contribution >= 0.6 is 24.0 Å². The average molecular weight is 402 g/mol. The number of ether oxygens (including phenoxy) is 2. The van der Waals surface area contributed by atoms with E-state index in [1.165, 1.54) is 36.0 Å². The molecule has 138 valence electrons. The van der Waals surface area contributed by atoms with Gasteiger partial charge in [-0.2, -0.15) is 0 Å². The van der Waals surface area contributed by atoms with Crippen molar-refractivity contribution in [2.24, 2.45) is 0 Å². The Morgan fingerprint density at radius 1 is 1.11 bits per heavy atom. The molecule has 0 unspecified atom stereocenters. The summed E-state index contributed by atoms with van der Waals surface area (Å²) in [6.07, 6.45) is 1.73. The molecule has 2 aromatic carbocycles. The van der Waals surface area contributed by atoms with Crippen LogP contribution < -0.4 is 14.8 Å². The van der Waals surface area contributed by atoms with Gasteiger partial charge in [0.15, 0.2) is 0 Å². The molecule has 0 bridgehead atoms. The summed E-state index contributed by atoms with van der Waals surface area (Å²) < 4.78 is 11.7. The van der Waals surface area contributed by atoms with Gasteiger partial charge in [-0.05, 0) is 24.3 Å². The van der Waals surface area contributed by atoms with Gasteiger partial charge in [0.2, 0.25) is 0 Å². The van der Waals surface area contributed by atoms with Gasteiger partial charge in [0.25, 0.3) is 11.6 Å². The van der Waals surface area contributed by atoms with Gasteiger partial charge in [0, 0.05) is 17.7 Å². The first-order valence-corrected chi connectivity index (χ1v) is 9.09. The first-order valence-electron chi connectivity index (χ1n) is 7.87. The third kappa shape index (κ3) is 5.05. The molecule has 0 aliphatic carbocycles. The lowest BCUT2D eigenvalue weighted by atomic mass is 10.2. The van der Waals surface area contributed by atoms with Gasteiger partial charge in [-0.25, -0.2) is 0 Å². The molecule has 0 aromatic heterocycles. The Hall–Kier alpha value is -2.91. The predicted molar refractivity (Wildman–Crippen MR) is 107 cm³/mol. The van der Waals surface area contributed by atoms with Gasteiger partial charge in [0.1, 0.15) is 29.0 Å². The van der Waals surface area contributed by atoms with Gasteiger partial charge in [-0.3, -0.25) is 14.9 Å². The Kier molecular flexibility index (Phi) is 6.05. The first-order chi connectivity index (χ1) is 13.0. The Bertz CT molecular complexity index is 912. The Labute approximate surface area is 164 Å². The topological polar surface area (TPSA) is 90.7 Å². The molecule has 1 fully saturated rings. The van der Waals surface area contributed by atoms with Crippen molar-refractivity contribution in [3.63, 3.8) is 0 Å². The van der Waals surface area contributed by atoms with Crippen LogP contribution in [0.5, 0.6) is 11.5 Å². The number of carbonyl (C=O) groups is 1. The fourth-order valence-corrected chi connectivity index (χ4v) is 3.30. The normalized spacial score (nSPS) is 14.9. The number of non-ortho nitro benzene ring substituents is 1. The second kappa shape index (κ2) is 8.65. The number of nitrogens with zero attached hydrogens (tertiary/aromatic N) is 1. The van der Waals surface area contributed by atoms with Crippen molar-refractivity contribution in [2.75, 3.05) is 13.2 Å². The van der Waals surface area contributed by atoms with E-state index in [4.69, 9.17) is 21.7 Å². The van der Waals surface area contributed by atoms with Gasteiger partial charge >= 0.3 is 0 Å². The van der Waals surface area contributed by atoms with Gasteiger partial charge in [-0.15, -0.1) is 0 Å². The highest BCUT2D eigenvalue weighted by Crippen LogP contribution is 2.29. The molecule has 27 heavy (non-hydrogen) atoms. The molecule has 7 nitrogen and oxygen atoms in total. The maximum atomic E-state index is 11.8. The summed E-state index contributed by atoms with van der Waals surface area (Å²) in [5, 5.41) is 13.2. The largest absolute Gasteiger partial charge is 0.490 e. The number of amides is 1. The van der Waals surface area contributed by atoms with Crippen LogP contribution in [0.2, 0.25) is 0 Å². The summed E-state index contributed by atoms with van der Waals surface area (Å²) in [5.41, 5.74) is 0.768. The minimum absolute atomic E-state index is 0.00821. The summed E-state index contributed by atoms with van der Waals surface area (Å²) in [4.78, 5) is 22.5. The van der Waals surface area contributed by atoms with E-state index in [0.29, 0.717) is 20.7 Å². The molecule has 0 saturated carbocycles. The SMILES string of the molecule is O=C1NC(=S)SC1=Cc1ccccc1OCCOc1ccc([N+](=O)[O-])cc1. The lowest BCUT2D eigenvalue weighted by Crippen LogP contribution is -2.17. The van der Waals surface area contributed by atoms with E-state index in [-0.39, 0.29) is 24.8 Å². The van der Waals surface area contributed by atoms with E-state index in [0.717, 1.165) is 5.56 Å². The molecule has 1 heterocycles. The van der Waals surface area contributed by atoms with Crippen molar-refractivity contribution in [1.82, 2.24) is 5.32 Å². The summed E-state index contributed by atoms with van der Waals surface area (Å²) >= 11 is 6.19. The quantitative estimate of drug-likeness (QED) is 0.249. The van der Waals surface area contributed by atoms with E-state index in [9.17, 15) is 14.9 Å². The molecule has 1 saturated heterocycles. The third-order valence-corrected chi connectivity index (χ3v) is 4.67. The summed E-state index contributed by atoms with van der Waals surface area (Å²) in [6, 6.07) is 13.2. The Morgan fingerprint density at radius 3 is 2.48 bits per heavy atom. The minimum atomic E-state index is -0.464. The van der Waals surface area contributed by atoms with E-state index in [2.05, 4.69) is 5.32 Å². The lowest BCUT2D eigenvalue weighted by Gasteiger charge is -2.10. The second-order valence-electron chi connectivity index (χ2n) is 5.34. The smallest absolute Gasteiger partial charge is 0.269 e. The Balaban J connectivity index is 1.57. The Morgan fingerprint density at radius 2 is 1.81 bits per heavy atom. The highest BCUT2D eigenvalue weighted by atomic mass is 32.2. The zero-order chi connectivity index (χ0) is 19.2. The number of benzene rings is 2. The summed E-state index contributed by atoms with van der Waals surface area (Å²) in [5.74, 6) is 0.914. The van der Waals surface area contributed by atoms with Crippen LogP contribution in [0, 0.1) is 10.1 Å². The number of hydrogen-bond acceptors (Lipinski definition) is 7. The molecule has 1 aliphatic rings. The van der Waals surface area contributed by atoms with Crippen LogP contribution in [0.1, 0.15) is 5.56 Å². The number of rotatable bonds is 7. The molecule has 1 N–H and O–H groups in total. The van der Waals surface area contributed by atoms with Crippen molar-refractivity contribution < 1.29 is 19.2 Å². The second-order valence-corrected chi connectivity index (χ2v) is 7.06. The predicted octanol–water partition coefficient (Wildman–Crippen LogP) is 3.54. The van der Waals surface area contributed by atoms with E-state index in [1.807, 2.05) is 18.2 Å². The molecule has 0 atom stereocenters. The zero-order valence-electron chi connectivity index (χ0n) is 13.9. The standard InChI is InChI=1S/C18H14N2O5S2/c21-17-16(27-18(26)19-17)11-12-3-1-2-4-15(12)25-10-9-24-14-7-5-13(6-8-14)20(22)23/h1-8,11H,9-10H2,(H,19,21,26). The summed E-state index contributed by atoms with van der Waals surface area (Å²) in [7, 11) is 0. The summed E-state index contributed by atoms with van der Waals surface area (Å²) in [6.45, 7) is 0.539. The van der Waals surface area contributed by atoms with E-state index >= 15 is 0 Å². The number of carbonyl (C=O) groups excluding carboxylic acids is 1. The highest BCUT2D eigenvalue weighted by molar-refractivity contribution is 8.26. The van der Waals surface area contributed by atoms with Crippen molar-refractivity contribution in [3.05, 3.63) is 69.1 Å². The maximum absolute atomic E-state index is 11.8. The number of nitro benzene ring substituents is 1. The fraction of sp³-hybridized carbons (Fsp3) is 0.111. The maximum Gasteiger partial charge on any atom is 0.269 e. The monoisotopic (exact) mass is 402 g/mol. The van der Waals surface area contributed by atoms with Crippen LogP contribution in [-0.4, -0.2) is 28.4 Å². The van der Waals surface area contributed by atoms with Crippen molar-refractivity contribution in [1.29, 1.82) is 0 Å².